The van der Waals surface area contributed by atoms with Gasteiger partial charge in [0.25, 0.3) is 5.91 Å². The van der Waals surface area contributed by atoms with E-state index in [1.54, 1.807) is 11.0 Å². The molecule has 1 fully saturated rings. The van der Waals surface area contributed by atoms with E-state index in [1.807, 2.05) is 29.2 Å². The molecule has 1 aliphatic heterocycles. The monoisotopic (exact) mass is 385 g/mol. The van der Waals surface area contributed by atoms with Crippen molar-refractivity contribution in [3.05, 3.63) is 42.5 Å². The average Bonchev–Trinajstić information content (AvgIpc) is 3.15. The van der Waals surface area contributed by atoms with Crippen molar-refractivity contribution in [3.8, 4) is 5.69 Å². The molecule has 6 nitrogen and oxygen atoms in total. The first-order chi connectivity index (χ1) is 11.3. The first-order valence-corrected chi connectivity index (χ1v) is 8.26. The minimum Gasteiger partial charge on any atom is -0.336 e. The number of amides is 1. The van der Waals surface area contributed by atoms with Crippen molar-refractivity contribution in [2.75, 3.05) is 19.6 Å². The predicted molar refractivity (Wildman–Crippen MR) is 103 cm³/mol. The molecule has 2 heterocycles. The number of hydrogen-bond donors (Lipinski definition) is 1. The van der Waals surface area contributed by atoms with Crippen molar-refractivity contribution in [1.29, 1.82) is 0 Å². The molecule has 1 amide bonds. The predicted octanol–water partition coefficient (Wildman–Crippen LogP) is 2.72. The molecule has 1 saturated heterocycles. The van der Waals surface area contributed by atoms with Gasteiger partial charge in [-0.3, -0.25) is 4.79 Å². The van der Waals surface area contributed by atoms with Gasteiger partial charge in [0.2, 0.25) is 0 Å². The Hall–Kier alpha value is -1.63. The van der Waals surface area contributed by atoms with E-state index in [0.717, 1.165) is 44.6 Å². The maximum Gasteiger partial charge on any atom is 0.254 e. The summed E-state index contributed by atoms with van der Waals surface area (Å²) in [6.07, 6.45) is 6.15. The van der Waals surface area contributed by atoms with E-state index in [-0.39, 0.29) is 30.7 Å². The molecule has 2 aromatic rings. The quantitative estimate of drug-likeness (QED) is 0.859. The van der Waals surface area contributed by atoms with Gasteiger partial charge in [0.1, 0.15) is 12.7 Å². The van der Waals surface area contributed by atoms with Crippen molar-refractivity contribution in [2.24, 2.45) is 0 Å². The Morgan fingerprint density at radius 2 is 2.08 bits per heavy atom. The fourth-order valence-electron chi connectivity index (χ4n) is 3.10. The summed E-state index contributed by atoms with van der Waals surface area (Å²) in [5, 5.41) is 7.49. The Labute approximate surface area is 160 Å². The highest BCUT2D eigenvalue weighted by Gasteiger charge is 2.25. The smallest absolute Gasteiger partial charge is 0.254 e. The molecule has 0 bridgehead atoms. The van der Waals surface area contributed by atoms with Crippen LogP contribution in [0.1, 0.15) is 36.5 Å². The summed E-state index contributed by atoms with van der Waals surface area (Å²) in [5.74, 6) is 0.112. The van der Waals surface area contributed by atoms with E-state index in [0.29, 0.717) is 11.6 Å². The van der Waals surface area contributed by atoms with Gasteiger partial charge in [-0.15, -0.1) is 24.8 Å². The maximum absolute atomic E-state index is 13.0. The van der Waals surface area contributed by atoms with Crippen LogP contribution in [0, 0.1) is 0 Å². The number of piperidine rings is 1. The molecule has 0 atom stereocenters. The molecule has 1 N–H and O–H groups in total. The average molecular weight is 386 g/mol. The van der Waals surface area contributed by atoms with Gasteiger partial charge in [0, 0.05) is 18.2 Å². The number of aromatic nitrogens is 3. The van der Waals surface area contributed by atoms with Crippen LogP contribution in [0.2, 0.25) is 0 Å². The molecular formula is C17H25Cl2N5O. The zero-order valence-corrected chi connectivity index (χ0v) is 15.9. The Morgan fingerprint density at radius 3 is 2.72 bits per heavy atom. The number of benzene rings is 1. The Balaban J connectivity index is 0.00000156. The molecule has 0 radical (unpaired) electrons. The van der Waals surface area contributed by atoms with Crippen LogP contribution >= 0.6 is 24.8 Å². The second-order valence-electron chi connectivity index (χ2n) is 5.87. The van der Waals surface area contributed by atoms with Crippen molar-refractivity contribution in [1.82, 2.24) is 25.0 Å². The highest BCUT2D eigenvalue weighted by Crippen LogP contribution is 2.18. The molecular weight excluding hydrogens is 361 g/mol. The molecule has 0 unspecified atom stereocenters. The lowest BCUT2D eigenvalue weighted by atomic mass is 10.0. The third-order valence-electron chi connectivity index (χ3n) is 4.25. The summed E-state index contributed by atoms with van der Waals surface area (Å²) in [4.78, 5) is 19.0. The van der Waals surface area contributed by atoms with E-state index in [2.05, 4.69) is 22.3 Å². The summed E-state index contributed by atoms with van der Waals surface area (Å²) < 4.78 is 1.67. The van der Waals surface area contributed by atoms with Crippen LogP contribution in [0.5, 0.6) is 0 Å². The SMILES string of the molecule is CCCN(C(=O)c1cccc(-n2cncn2)c1)C1CCNCC1.Cl.Cl. The third-order valence-corrected chi connectivity index (χ3v) is 4.25. The molecule has 0 saturated carbocycles. The Bertz CT molecular complexity index is 644. The highest BCUT2D eigenvalue weighted by atomic mass is 35.5. The molecule has 0 spiro atoms. The molecule has 8 heteroatoms. The molecule has 1 aromatic heterocycles. The molecule has 1 aliphatic rings. The van der Waals surface area contributed by atoms with Crippen LogP contribution in [0.4, 0.5) is 0 Å². The lowest BCUT2D eigenvalue weighted by molar-refractivity contribution is 0.0642. The second-order valence-corrected chi connectivity index (χ2v) is 5.87. The van der Waals surface area contributed by atoms with Crippen molar-refractivity contribution in [2.45, 2.75) is 32.2 Å². The minimum atomic E-state index is 0. The second kappa shape index (κ2) is 10.4. The van der Waals surface area contributed by atoms with E-state index in [1.165, 1.54) is 6.33 Å². The number of nitrogens with zero attached hydrogens (tertiary/aromatic N) is 4. The molecule has 3 rings (SSSR count). The number of carbonyl (C=O) groups is 1. The minimum absolute atomic E-state index is 0. The first-order valence-electron chi connectivity index (χ1n) is 8.26. The van der Waals surface area contributed by atoms with Crippen LogP contribution in [0.3, 0.4) is 0 Å². The van der Waals surface area contributed by atoms with Gasteiger partial charge in [0.05, 0.1) is 5.69 Å². The molecule has 1 aromatic carbocycles. The summed E-state index contributed by atoms with van der Waals surface area (Å²) in [6.45, 7) is 4.89. The van der Waals surface area contributed by atoms with E-state index in [9.17, 15) is 4.79 Å². The van der Waals surface area contributed by atoms with Gasteiger partial charge in [-0.25, -0.2) is 9.67 Å². The van der Waals surface area contributed by atoms with Gasteiger partial charge < -0.3 is 10.2 Å². The summed E-state index contributed by atoms with van der Waals surface area (Å²) >= 11 is 0. The lowest BCUT2D eigenvalue weighted by Gasteiger charge is -2.34. The third kappa shape index (κ3) is 5.17. The summed E-state index contributed by atoms with van der Waals surface area (Å²) in [5.41, 5.74) is 1.57. The highest BCUT2D eigenvalue weighted by molar-refractivity contribution is 5.95. The Kier molecular flexibility index (Phi) is 8.89. The summed E-state index contributed by atoms with van der Waals surface area (Å²) in [7, 11) is 0. The number of nitrogens with one attached hydrogen (secondary N) is 1. The van der Waals surface area contributed by atoms with E-state index < -0.39 is 0 Å². The van der Waals surface area contributed by atoms with Crippen LogP contribution in [0.15, 0.2) is 36.9 Å². The normalized spacial score (nSPS) is 14.3. The van der Waals surface area contributed by atoms with Gasteiger partial charge >= 0.3 is 0 Å². The molecule has 25 heavy (non-hydrogen) atoms. The van der Waals surface area contributed by atoms with Crippen LogP contribution in [0.25, 0.3) is 5.69 Å². The fraction of sp³-hybridized carbons (Fsp3) is 0.471. The number of halogens is 2. The van der Waals surface area contributed by atoms with Crippen LogP contribution in [-0.4, -0.2) is 51.2 Å². The standard InChI is InChI=1S/C17H23N5O.2ClH/c1-2-10-21(15-6-8-18-9-7-15)17(23)14-4-3-5-16(11-14)22-13-19-12-20-22;;/h3-5,11-13,15,18H,2,6-10H2,1H3;2*1H. The number of carbonyl (C=O) groups excluding carboxylic acids is 1. The first kappa shape index (κ1) is 21.4. The van der Waals surface area contributed by atoms with Gasteiger partial charge in [-0.05, 0) is 50.6 Å². The summed E-state index contributed by atoms with van der Waals surface area (Å²) in [6, 6.07) is 7.93. The number of hydrogen-bond acceptors (Lipinski definition) is 4. The van der Waals surface area contributed by atoms with Crippen molar-refractivity contribution in [3.63, 3.8) is 0 Å². The topological polar surface area (TPSA) is 63.1 Å². The van der Waals surface area contributed by atoms with Gasteiger partial charge in [-0.1, -0.05) is 13.0 Å². The van der Waals surface area contributed by atoms with E-state index >= 15 is 0 Å². The molecule has 138 valence electrons. The van der Waals surface area contributed by atoms with Crippen molar-refractivity contribution >= 4 is 30.7 Å². The van der Waals surface area contributed by atoms with Crippen molar-refractivity contribution < 1.29 is 4.79 Å². The van der Waals surface area contributed by atoms with E-state index in [4.69, 9.17) is 0 Å². The zero-order valence-electron chi connectivity index (χ0n) is 14.3. The van der Waals surface area contributed by atoms with Crippen LogP contribution in [-0.2, 0) is 0 Å². The number of rotatable bonds is 5. The van der Waals surface area contributed by atoms with Gasteiger partial charge in [-0.2, -0.15) is 5.10 Å². The Morgan fingerprint density at radius 1 is 1.32 bits per heavy atom. The fourth-order valence-corrected chi connectivity index (χ4v) is 3.10. The largest absolute Gasteiger partial charge is 0.336 e. The lowest BCUT2D eigenvalue weighted by Crippen LogP contribution is -2.46. The zero-order chi connectivity index (χ0) is 16.1. The molecule has 0 aliphatic carbocycles. The maximum atomic E-state index is 13.0. The van der Waals surface area contributed by atoms with Crippen LogP contribution < -0.4 is 5.32 Å². The van der Waals surface area contributed by atoms with Gasteiger partial charge in [0.15, 0.2) is 0 Å².